The summed E-state index contributed by atoms with van der Waals surface area (Å²) in [6, 6.07) is 6.49. The number of hydrogen-bond donors (Lipinski definition) is 1. The Morgan fingerprint density at radius 3 is 2.74 bits per heavy atom. The molecule has 31 heavy (non-hydrogen) atoms. The molecule has 3 aromatic rings. The van der Waals surface area contributed by atoms with Crippen LogP contribution < -0.4 is 5.32 Å². The Bertz CT molecular complexity index is 1100. The highest BCUT2D eigenvalue weighted by Gasteiger charge is 2.45. The van der Waals surface area contributed by atoms with Crippen LogP contribution in [0.3, 0.4) is 0 Å². The number of halogens is 2. The molecule has 1 aromatic carbocycles. The van der Waals surface area contributed by atoms with Crippen molar-refractivity contribution in [3.05, 3.63) is 35.0 Å². The van der Waals surface area contributed by atoms with Crippen LogP contribution in [-0.2, 0) is 11.2 Å². The molecule has 7 nitrogen and oxygen atoms in total. The van der Waals surface area contributed by atoms with Crippen molar-refractivity contribution in [1.82, 2.24) is 30.6 Å². The molecule has 0 radical (unpaired) electrons. The summed E-state index contributed by atoms with van der Waals surface area (Å²) in [5.74, 6) is -3.34. The topological polar surface area (TPSA) is 83.9 Å². The van der Waals surface area contributed by atoms with Gasteiger partial charge in [-0.1, -0.05) is 25.2 Å². The number of alkyl halides is 2. The minimum Gasteiger partial charge on any atom is -0.336 e. The monoisotopic (exact) mass is 446 g/mol. The number of likely N-dealkylation sites (tertiary alicyclic amines) is 1. The first-order valence-electron chi connectivity index (χ1n) is 10.2. The lowest BCUT2D eigenvalue weighted by atomic mass is 9.99. The van der Waals surface area contributed by atoms with E-state index in [0.29, 0.717) is 17.8 Å². The highest BCUT2D eigenvalue weighted by molar-refractivity contribution is 7.14. The van der Waals surface area contributed by atoms with Crippen LogP contribution >= 0.6 is 11.3 Å². The van der Waals surface area contributed by atoms with Gasteiger partial charge in [0, 0.05) is 23.5 Å². The van der Waals surface area contributed by atoms with Gasteiger partial charge in [-0.3, -0.25) is 4.79 Å². The van der Waals surface area contributed by atoms with Crippen LogP contribution in [0.15, 0.2) is 24.3 Å². The van der Waals surface area contributed by atoms with Crippen molar-refractivity contribution >= 4 is 28.1 Å². The lowest BCUT2D eigenvalue weighted by molar-refractivity contribution is -0.145. The van der Waals surface area contributed by atoms with Crippen molar-refractivity contribution in [2.75, 3.05) is 13.1 Å². The van der Waals surface area contributed by atoms with Gasteiger partial charge in [0.1, 0.15) is 10.0 Å². The number of rotatable bonds is 5. The fourth-order valence-electron chi connectivity index (χ4n) is 3.75. The number of carbonyl (C=O) groups excluding carboxylic acids is 1. The summed E-state index contributed by atoms with van der Waals surface area (Å²) in [6.45, 7) is 5.27. The zero-order valence-corrected chi connectivity index (χ0v) is 18.4. The molecule has 1 atom stereocenters. The predicted octanol–water partition coefficient (Wildman–Crippen LogP) is 3.23. The zero-order valence-electron chi connectivity index (χ0n) is 17.6. The molecule has 0 spiro atoms. The van der Waals surface area contributed by atoms with Crippen LogP contribution in [0.4, 0.5) is 8.78 Å². The Labute approximate surface area is 182 Å². The molecule has 3 heterocycles. The van der Waals surface area contributed by atoms with Crippen LogP contribution in [0.5, 0.6) is 0 Å². The van der Waals surface area contributed by atoms with Gasteiger partial charge in [-0.25, -0.2) is 8.78 Å². The highest BCUT2D eigenvalue weighted by atomic mass is 32.1. The van der Waals surface area contributed by atoms with Crippen LogP contribution in [0, 0.1) is 6.92 Å². The van der Waals surface area contributed by atoms with Crippen LogP contribution in [-0.4, -0.2) is 62.3 Å². The minimum atomic E-state index is -2.97. The number of amides is 1. The van der Waals surface area contributed by atoms with Gasteiger partial charge in [-0.2, -0.15) is 10.2 Å². The third-order valence-electron chi connectivity index (χ3n) is 5.23. The quantitative estimate of drug-likeness (QED) is 0.648. The van der Waals surface area contributed by atoms with Crippen molar-refractivity contribution in [3.8, 4) is 10.6 Å². The SMILES string of the molecule is Cc1nnc(-c2ccc3nnc(CC(=O)N4CCC(NC(C)C)C(F)(F)C4)cc3c2)s1. The first kappa shape index (κ1) is 21.6. The van der Waals surface area contributed by atoms with Gasteiger partial charge >= 0.3 is 0 Å². The summed E-state index contributed by atoms with van der Waals surface area (Å²) in [4.78, 5) is 13.9. The second-order valence-electron chi connectivity index (χ2n) is 8.15. The molecular formula is C21H24F2N6OS. The molecule has 1 aliphatic heterocycles. The van der Waals surface area contributed by atoms with Crippen LogP contribution in [0.25, 0.3) is 21.5 Å². The van der Waals surface area contributed by atoms with Crippen molar-refractivity contribution < 1.29 is 13.6 Å². The van der Waals surface area contributed by atoms with E-state index in [0.717, 1.165) is 21.0 Å². The molecule has 0 aliphatic carbocycles. The summed E-state index contributed by atoms with van der Waals surface area (Å²) in [6.07, 6.45) is 0.147. The molecule has 1 N–H and O–H groups in total. The van der Waals surface area contributed by atoms with E-state index >= 15 is 0 Å². The molecule has 1 fully saturated rings. The number of carbonyl (C=O) groups is 1. The first-order valence-corrected chi connectivity index (χ1v) is 11.0. The number of nitrogens with one attached hydrogen (secondary N) is 1. The molecule has 1 saturated heterocycles. The number of nitrogens with zero attached hydrogens (tertiary/aromatic N) is 5. The number of piperidine rings is 1. The van der Waals surface area contributed by atoms with E-state index in [1.54, 1.807) is 6.07 Å². The fourth-order valence-corrected chi connectivity index (χ4v) is 4.44. The van der Waals surface area contributed by atoms with E-state index in [9.17, 15) is 13.6 Å². The van der Waals surface area contributed by atoms with Gasteiger partial charge in [-0.05, 0) is 37.6 Å². The second-order valence-corrected chi connectivity index (χ2v) is 9.33. The number of benzene rings is 1. The van der Waals surface area contributed by atoms with E-state index in [-0.39, 0.29) is 24.8 Å². The van der Waals surface area contributed by atoms with Gasteiger partial charge in [0.05, 0.1) is 30.2 Å². The Hall–Kier alpha value is -2.59. The van der Waals surface area contributed by atoms with Crippen molar-refractivity contribution in [2.24, 2.45) is 0 Å². The molecule has 2 aromatic heterocycles. The normalized spacial score (nSPS) is 18.6. The van der Waals surface area contributed by atoms with Crippen LogP contribution in [0.1, 0.15) is 31.0 Å². The van der Waals surface area contributed by atoms with E-state index < -0.39 is 18.5 Å². The molecule has 0 bridgehead atoms. The van der Waals surface area contributed by atoms with E-state index in [1.165, 1.54) is 16.2 Å². The maximum Gasteiger partial charge on any atom is 0.280 e. The smallest absolute Gasteiger partial charge is 0.280 e. The maximum atomic E-state index is 14.5. The summed E-state index contributed by atoms with van der Waals surface area (Å²) >= 11 is 1.49. The Balaban J connectivity index is 1.48. The molecule has 1 unspecified atom stereocenters. The molecule has 1 aliphatic rings. The summed E-state index contributed by atoms with van der Waals surface area (Å²) in [7, 11) is 0. The summed E-state index contributed by atoms with van der Waals surface area (Å²) in [5, 5.41) is 21.9. The molecule has 10 heteroatoms. The van der Waals surface area contributed by atoms with E-state index in [1.807, 2.05) is 39.0 Å². The zero-order chi connectivity index (χ0) is 22.2. The van der Waals surface area contributed by atoms with E-state index in [4.69, 9.17) is 0 Å². The Kier molecular flexibility index (Phi) is 5.94. The van der Waals surface area contributed by atoms with E-state index in [2.05, 4.69) is 25.7 Å². The molecule has 1 amide bonds. The third-order valence-corrected chi connectivity index (χ3v) is 6.12. The summed E-state index contributed by atoms with van der Waals surface area (Å²) in [5.41, 5.74) is 2.05. The van der Waals surface area contributed by atoms with Gasteiger partial charge in [0.2, 0.25) is 5.91 Å². The second kappa shape index (κ2) is 8.51. The maximum absolute atomic E-state index is 14.5. The largest absolute Gasteiger partial charge is 0.336 e. The Morgan fingerprint density at radius 1 is 1.26 bits per heavy atom. The third kappa shape index (κ3) is 4.85. The Morgan fingerprint density at radius 2 is 2.06 bits per heavy atom. The fraction of sp³-hybridized carbons (Fsp3) is 0.476. The number of hydrogen-bond acceptors (Lipinski definition) is 7. The molecule has 164 valence electrons. The van der Waals surface area contributed by atoms with Gasteiger partial charge in [0.25, 0.3) is 5.92 Å². The van der Waals surface area contributed by atoms with Crippen LogP contribution in [0.2, 0.25) is 0 Å². The van der Waals surface area contributed by atoms with Crippen molar-refractivity contribution in [1.29, 1.82) is 0 Å². The lowest BCUT2D eigenvalue weighted by Crippen LogP contribution is -2.59. The number of aryl methyl sites for hydroxylation is 1. The average molecular weight is 447 g/mol. The number of fused-ring (bicyclic) bond motifs is 1. The molecular weight excluding hydrogens is 422 g/mol. The predicted molar refractivity (Wildman–Crippen MR) is 115 cm³/mol. The molecule has 4 rings (SSSR count). The van der Waals surface area contributed by atoms with Gasteiger partial charge < -0.3 is 10.2 Å². The minimum absolute atomic E-state index is 0.0417. The van der Waals surface area contributed by atoms with Gasteiger partial charge in [0.15, 0.2) is 0 Å². The molecule has 0 saturated carbocycles. The first-order chi connectivity index (χ1) is 14.7. The lowest BCUT2D eigenvalue weighted by Gasteiger charge is -2.39. The van der Waals surface area contributed by atoms with Crippen molar-refractivity contribution in [3.63, 3.8) is 0 Å². The highest BCUT2D eigenvalue weighted by Crippen LogP contribution is 2.29. The van der Waals surface area contributed by atoms with Gasteiger partial charge in [-0.15, -0.1) is 10.2 Å². The average Bonchev–Trinajstić information content (AvgIpc) is 3.15. The standard InChI is InChI=1S/C21H24F2N6OS/c1-12(2)24-18-6-7-29(11-21(18,22)23)19(30)10-16-9-15-8-14(4-5-17(15)27-26-16)20-28-25-13(3)31-20/h4-5,8-9,12,18,24H,6-7,10-11H2,1-3H3. The van der Waals surface area contributed by atoms with Crippen molar-refractivity contribution in [2.45, 2.75) is 51.6 Å². The summed E-state index contributed by atoms with van der Waals surface area (Å²) < 4.78 is 29.0. The number of aromatic nitrogens is 4.